The molecule has 1 aromatic heterocycles. The maximum absolute atomic E-state index is 12.7. The number of nitrogens with one attached hydrogen (secondary N) is 2. The fourth-order valence-electron chi connectivity index (χ4n) is 3.57. The Labute approximate surface area is 209 Å². The Morgan fingerprint density at radius 2 is 1.53 bits per heavy atom. The average Bonchev–Trinajstić information content (AvgIpc) is 2.88. The van der Waals surface area contributed by atoms with Gasteiger partial charge in [0.2, 0.25) is 5.96 Å². The number of rotatable bonds is 7. The van der Waals surface area contributed by atoms with Crippen molar-refractivity contribution in [2.24, 2.45) is 21.7 Å². The predicted octanol–water partition coefficient (Wildman–Crippen LogP) is 4.29. The molecule has 3 aromatic carbocycles. The van der Waals surface area contributed by atoms with E-state index in [0.717, 1.165) is 33.5 Å². The minimum Gasteiger partial charge on any atom is -0.378 e. The smallest absolute Gasteiger partial charge is 0.255 e. The zero-order chi connectivity index (χ0) is 25.7. The Morgan fingerprint density at radius 3 is 2.19 bits per heavy atom. The first-order chi connectivity index (χ1) is 17.3. The lowest BCUT2D eigenvalue weighted by molar-refractivity contribution is 0.102. The minimum absolute atomic E-state index is 0.105. The summed E-state index contributed by atoms with van der Waals surface area (Å²) in [7, 11) is 4.01. The third-order valence-electron chi connectivity index (χ3n) is 5.54. The van der Waals surface area contributed by atoms with Gasteiger partial charge in [0.05, 0.1) is 11.2 Å². The van der Waals surface area contributed by atoms with Crippen LogP contribution in [0.5, 0.6) is 0 Å². The average molecular weight is 481 g/mol. The molecule has 0 aliphatic carbocycles. The van der Waals surface area contributed by atoms with Crippen molar-refractivity contribution < 1.29 is 4.79 Å². The molecule has 0 aliphatic heterocycles. The van der Waals surface area contributed by atoms with Crippen LogP contribution >= 0.6 is 0 Å². The number of fused-ring (bicyclic) bond motifs is 1. The van der Waals surface area contributed by atoms with Gasteiger partial charge in [-0.2, -0.15) is 5.10 Å². The van der Waals surface area contributed by atoms with Crippen molar-refractivity contribution in [3.8, 4) is 0 Å². The van der Waals surface area contributed by atoms with Crippen molar-refractivity contribution >= 4 is 51.2 Å². The van der Waals surface area contributed by atoms with Crippen molar-refractivity contribution in [3.63, 3.8) is 0 Å². The number of nitrogens with zero attached hydrogens (tertiary/aromatic N) is 4. The van der Waals surface area contributed by atoms with Crippen molar-refractivity contribution in [3.05, 3.63) is 90.1 Å². The molecule has 182 valence electrons. The van der Waals surface area contributed by atoms with Gasteiger partial charge in [-0.05, 0) is 73.2 Å². The van der Waals surface area contributed by atoms with Crippen LogP contribution in [0.15, 0.2) is 89.2 Å². The molecule has 36 heavy (non-hydrogen) atoms. The molecule has 4 aromatic rings. The number of carbonyl (C=O) groups excluding carboxylic acids is 1. The van der Waals surface area contributed by atoms with E-state index in [4.69, 9.17) is 11.5 Å². The normalized spacial score (nSPS) is 11.1. The molecule has 0 saturated carbocycles. The van der Waals surface area contributed by atoms with Crippen molar-refractivity contribution in [1.29, 1.82) is 0 Å². The summed E-state index contributed by atoms with van der Waals surface area (Å²) in [4.78, 5) is 19.3. The van der Waals surface area contributed by atoms with Gasteiger partial charge in [-0.25, -0.2) is 0 Å². The number of nitrogens with two attached hydrogens (primary N) is 2. The van der Waals surface area contributed by atoms with Gasteiger partial charge in [0, 0.05) is 54.0 Å². The zero-order valence-corrected chi connectivity index (χ0v) is 20.4. The summed E-state index contributed by atoms with van der Waals surface area (Å²) < 4.78 is 0. The molecule has 0 radical (unpaired) electrons. The Bertz CT molecular complexity index is 1440. The monoisotopic (exact) mass is 480 g/mol. The summed E-state index contributed by atoms with van der Waals surface area (Å²) in [5, 5.41) is 15.0. The molecule has 1 amide bonds. The van der Waals surface area contributed by atoms with E-state index in [9.17, 15) is 4.79 Å². The van der Waals surface area contributed by atoms with Crippen LogP contribution in [0, 0.1) is 0 Å². The molecule has 1 heterocycles. The molecule has 9 nitrogen and oxygen atoms in total. The lowest BCUT2D eigenvalue weighted by Crippen LogP contribution is -2.22. The predicted molar refractivity (Wildman–Crippen MR) is 148 cm³/mol. The summed E-state index contributed by atoms with van der Waals surface area (Å²) in [5.74, 6) is -0.308. The number of anilines is 4. The molecular weight excluding hydrogens is 452 g/mol. The van der Waals surface area contributed by atoms with E-state index in [-0.39, 0.29) is 11.9 Å². The second-order valence-electron chi connectivity index (χ2n) is 8.40. The van der Waals surface area contributed by atoms with Crippen LogP contribution < -0.4 is 27.0 Å². The Balaban J connectivity index is 1.45. The molecule has 0 saturated heterocycles. The molecule has 0 bridgehead atoms. The fraction of sp³-hybridized carbons (Fsp3) is 0.111. The third kappa shape index (κ3) is 5.76. The molecule has 4 rings (SSSR count). The van der Waals surface area contributed by atoms with E-state index in [1.807, 2.05) is 56.6 Å². The maximum Gasteiger partial charge on any atom is 0.255 e. The maximum atomic E-state index is 12.7. The van der Waals surface area contributed by atoms with Crippen molar-refractivity contribution in [1.82, 2.24) is 4.98 Å². The van der Waals surface area contributed by atoms with Gasteiger partial charge in [-0.15, -0.1) is 5.10 Å². The largest absolute Gasteiger partial charge is 0.378 e. The SMILES string of the molecule is C/C(=N\N=C(N)N)c1ccc(NC(=O)c2ccc(Nc3ccnc4ccc(N(C)C)cc34)cc2)cc1. The van der Waals surface area contributed by atoms with Gasteiger partial charge in [0.25, 0.3) is 5.91 Å². The van der Waals surface area contributed by atoms with Crippen LogP contribution in [0.25, 0.3) is 10.9 Å². The van der Waals surface area contributed by atoms with E-state index in [1.165, 1.54) is 0 Å². The topological polar surface area (TPSA) is 134 Å². The lowest BCUT2D eigenvalue weighted by Gasteiger charge is -2.15. The summed E-state index contributed by atoms with van der Waals surface area (Å²) >= 11 is 0. The fourth-order valence-corrected chi connectivity index (χ4v) is 3.57. The minimum atomic E-state index is -0.204. The van der Waals surface area contributed by atoms with Crippen LogP contribution in [-0.4, -0.2) is 36.7 Å². The summed E-state index contributed by atoms with van der Waals surface area (Å²) in [6, 6.07) is 22.7. The van der Waals surface area contributed by atoms with Gasteiger partial charge in [0.15, 0.2) is 0 Å². The molecule has 9 heteroatoms. The van der Waals surface area contributed by atoms with Crippen LogP contribution in [0.4, 0.5) is 22.7 Å². The number of carbonyl (C=O) groups is 1. The Hall–Kier alpha value is -4.92. The van der Waals surface area contributed by atoms with Gasteiger partial charge in [0.1, 0.15) is 0 Å². The highest BCUT2D eigenvalue weighted by Gasteiger charge is 2.09. The number of aromatic nitrogens is 1. The quantitative estimate of drug-likeness (QED) is 0.177. The molecule has 0 fully saturated rings. The highest BCUT2D eigenvalue weighted by atomic mass is 16.1. The van der Waals surface area contributed by atoms with Gasteiger partial charge in [-0.3, -0.25) is 9.78 Å². The van der Waals surface area contributed by atoms with Gasteiger partial charge < -0.3 is 27.0 Å². The summed E-state index contributed by atoms with van der Waals surface area (Å²) in [5.41, 5.74) is 17.1. The molecule has 0 unspecified atom stereocenters. The van der Waals surface area contributed by atoms with Crippen LogP contribution in [0.2, 0.25) is 0 Å². The molecule has 0 atom stereocenters. The van der Waals surface area contributed by atoms with Crippen LogP contribution in [-0.2, 0) is 0 Å². The first-order valence-corrected chi connectivity index (χ1v) is 11.3. The number of pyridine rings is 1. The Kier molecular flexibility index (Phi) is 7.10. The number of guanidine groups is 1. The molecule has 0 spiro atoms. The van der Waals surface area contributed by atoms with E-state index < -0.39 is 0 Å². The highest BCUT2D eigenvalue weighted by molar-refractivity contribution is 6.05. The van der Waals surface area contributed by atoms with Gasteiger partial charge >= 0.3 is 0 Å². The number of benzene rings is 3. The number of hydrogen-bond donors (Lipinski definition) is 4. The van der Waals surface area contributed by atoms with E-state index in [1.54, 1.807) is 37.4 Å². The van der Waals surface area contributed by atoms with E-state index in [2.05, 4.69) is 36.8 Å². The van der Waals surface area contributed by atoms with Gasteiger partial charge in [-0.1, -0.05) is 12.1 Å². The van der Waals surface area contributed by atoms with E-state index >= 15 is 0 Å². The first-order valence-electron chi connectivity index (χ1n) is 11.3. The lowest BCUT2D eigenvalue weighted by atomic mass is 10.1. The number of hydrogen-bond acceptors (Lipinski definition) is 6. The number of amides is 1. The molecule has 0 aliphatic rings. The summed E-state index contributed by atoms with van der Waals surface area (Å²) in [6.45, 7) is 1.80. The Morgan fingerprint density at radius 1 is 0.861 bits per heavy atom. The first kappa shape index (κ1) is 24.2. The van der Waals surface area contributed by atoms with Crippen molar-refractivity contribution in [2.45, 2.75) is 6.92 Å². The van der Waals surface area contributed by atoms with Crippen LogP contribution in [0.3, 0.4) is 0 Å². The standard InChI is InChI=1S/C27H28N8O/c1-17(33-34-27(28)29)18-4-8-21(9-5-18)32-26(36)19-6-10-20(11-7-19)31-25-14-15-30-24-13-12-22(35(2)3)16-23(24)25/h4-16H,1-3H3,(H,30,31)(H,32,36)(H4,28,29,34)/b33-17+. The van der Waals surface area contributed by atoms with Crippen LogP contribution in [0.1, 0.15) is 22.8 Å². The third-order valence-corrected chi connectivity index (χ3v) is 5.54. The molecular formula is C27H28N8O. The highest BCUT2D eigenvalue weighted by Crippen LogP contribution is 2.28. The second-order valence-corrected chi connectivity index (χ2v) is 8.40. The summed E-state index contributed by atoms with van der Waals surface area (Å²) in [6.07, 6.45) is 1.78. The second kappa shape index (κ2) is 10.6. The zero-order valence-electron chi connectivity index (χ0n) is 20.4. The van der Waals surface area contributed by atoms with E-state index in [0.29, 0.717) is 17.0 Å². The molecule has 6 N–H and O–H groups in total. The van der Waals surface area contributed by atoms with Crippen molar-refractivity contribution in [2.75, 3.05) is 29.6 Å².